The standard InChI is InChI=1S/C19H23NO3/c1-3-19(22)23-17-11-9-15(10-12-17)14(2)20-13-18(21)16-7-5-4-6-8-16/h4-12,14,18,20-21H,3,13H2,1-2H3/t14?,18-/m0/s1. The molecule has 2 aromatic carbocycles. The van der Waals surface area contributed by atoms with E-state index < -0.39 is 6.10 Å². The maximum atomic E-state index is 11.2. The summed E-state index contributed by atoms with van der Waals surface area (Å²) in [6.07, 6.45) is -0.180. The summed E-state index contributed by atoms with van der Waals surface area (Å²) in [5.74, 6) is 0.312. The lowest BCUT2D eigenvalue weighted by atomic mass is 10.1. The van der Waals surface area contributed by atoms with Gasteiger partial charge in [0.15, 0.2) is 0 Å². The minimum atomic E-state index is -0.538. The molecule has 0 saturated carbocycles. The Balaban J connectivity index is 1.88. The second kappa shape index (κ2) is 8.46. The molecule has 0 amide bonds. The quantitative estimate of drug-likeness (QED) is 0.608. The first-order valence-corrected chi connectivity index (χ1v) is 7.87. The molecule has 2 aromatic rings. The van der Waals surface area contributed by atoms with E-state index in [0.717, 1.165) is 11.1 Å². The summed E-state index contributed by atoms with van der Waals surface area (Å²) in [5, 5.41) is 13.5. The number of rotatable bonds is 7. The molecule has 0 saturated heterocycles. The first kappa shape index (κ1) is 17.2. The van der Waals surface area contributed by atoms with E-state index >= 15 is 0 Å². The summed E-state index contributed by atoms with van der Waals surface area (Å²) in [6, 6.07) is 17.1. The van der Waals surface area contributed by atoms with Gasteiger partial charge in [-0.25, -0.2) is 0 Å². The lowest BCUT2D eigenvalue weighted by molar-refractivity contribution is -0.134. The number of hydrogen-bond acceptors (Lipinski definition) is 4. The van der Waals surface area contributed by atoms with Gasteiger partial charge in [-0.05, 0) is 30.2 Å². The minimum absolute atomic E-state index is 0.0873. The minimum Gasteiger partial charge on any atom is -0.427 e. The third kappa shape index (κ3) is 5.20. The molecular formula is C19H23NO3. The number of carbonyl (C=O) groups excluding carboxylic acids is 1. The second-order valence-electron chi connectivity index (χ2n) is 5.45. The summed E-state index contributed by atoms with van der Waals surface area (Å²) >= 11 is 0. The molecule has 4 heteroatoms. The van der Waals surface area contributed by atoms with Gasteiger partial charge in [-0.15, -0.1) is 0 Å². The number of benzene rings is 2. The Morgan fingerprint density at radius 1 is 1.09 bits per heavy atom. The van der Waals surface area contributed by atoms with E-state index in [1.165, 1.54) is 0 Å². The summed E-state index contributed by atoms with van der Waals surface area (Å²) in [4.78, 5) is 11.2. The smallest absolute Gasteiger partial charge is 0.310 e. The fourth-order valence-electron chi connectivity index (χ4n) is 2.23. The van der Waals surface area contributed by atoms with Crippen molar-refractivity contribution in [2.45, 2.75) is 32.4 Å². The van der Waals surface area contributed by atoms with E-state index in [0.29, 0.717) is 18.7 Å². The van der Waals surface area contributed by atoms with Gasteiger partial charge in [0.2, 0.25) is 0 Å². The Morgan fingerprint density at radius 3 is 2.35 bits per heavy atom. The van der Waals surface area contributed by atoms with Crippen molar-refractivity contribution < 1.29 is 14.6 Å². The van der Waals surface area contributed by atoms with E-state index in [4.69, 9.17) is 4.74 Å². The predicted molar refractivity (Wildman–Crippen MR) is 90.2 cm³/mol. The highest BCUT2D eigenvalue weighted by atomic mass is 16.5. The second-order valence-corrected chi connectivity index (χ2v) is 5.45. The highest BCUT2D eigenvalue weighted by Gasteiger charge is 2.11. The monoisotopic (exact) mass is 313 g/mol. The normalized spacial score (nSPS) is 13.3. The van der Waals surface area contributed by atoms with Crippen LogP contribution in [0.4, 0.5) is 0 Å². The first-order valence-electron chi connectivity index (χ1n) is 7.87. The average Bonchev–Trinajstić information content (AvgIpc) is 2.60. The zero-order valence-corrected chi connectivity index (χ0v) is 13.5. The van der Waals surface area contributed by atoms with Crippen LogP contribution < -0.4 is 10.1 Å². The van der Waals surface area contributed by atoms with Crippen molar-refractivity contribution in [1.82, 2.24) is 5.32 Å². The van der Waals surface area contributed by atoms with Crippen LogP contribution in [0.5, 0.6) is 5.75 Å². The van der Waals surface area contributed by atoms with E-state index in [2.05, 4.69) is 5.32 Å². The van der Waals surface area contributed by atoms with Gasteiger partial charge in [0, 0.05) is 19.0 Å². The van der Waals surface area contributed by atoms with E-state index in [1.807, 2.05) is 49.4 Å². The third-order valence-electron chi connectivity index (χ3n) is 3.70. The Labute approximate surface area is 137 Å². The van der Waals surface area contributed by atoms with Crippen LogP contribution in [0.1, 0.15) is 43.5 Å². The molecule has 2 rings (SSSR count). The summed E-state index contributed by atoms with van der Waals surface area (Å²) in [6.45, 7) is 4.27. The lowest BCUT2D eigenvalue weighted by Crippen LogP contribution is -2.24. The summed E-state index contributed by atoms with van der Waals surface area (Å²) in [7, 11) is 0. The van der Waals surface area contributed by atoms with Crippen molar-refractivity contribution in [2.75, 3.05) is 6.54 Å². The molecule has 0 radical (unpaired) electrons. The molecule has 2 N–H and O–H groups in total. The topological polar surface area (TPSA) is 58.6 Å². The number of nitrogens with one attached hydrogen (secondary N) is 1. The highest BCUT2D eigenvalue weighted by molar-refractivity contribution is 5.71. The van der Waals surface area contributed by atoms with Crippen molar-refractivity contribution in [3.63, 3.8) is 0 Å². The van der Waals surface area contributed by atoms with Crippen LogP contribution in [0, 0.1) is 0 Å². The van der Waals surface area contributed by atoms with E-state index in [1.54, 1.807) is 19.1 Å². The molecule has 0 aliphatic carbocycles. The zero-order chi connectivity index (χ0) is 16.7. The van der Waals surface area contributed by atoms with Gasteiger partial charge in [-0.1, -0.05) is 49.4 Å². The number of hydrogen-bond donors (Lipinski definition) is 2. The van der Waals surface area contributed by atoms with Crippen LogP contribution in [0.15, 0.2) is 54.6 Å². The number of ether oxygens (including phenoxy) is 1. The molecule has 1 unspecified atom stereocenters. The molecule has 0 heterocycles. The fourth-order valence-corrected chi connectivity index (χ4v) is 2.23. The molecular weight excluding hydrogens is 290 g/mol. The third-order valence-corrected chi connectivity index (χ3v) is 3.70. The molecule has 4 nitrogen and oxygen atoms in total. The van der Waals surface area contributed by atoms with Gasteiger partial charge in [-0.3, -0.25) is 4.79 Å². The van der Waals surface area contributed by atoms with Crippen LogP contribution in [-0.4, -0.2) is 17.6 Å². The molecule has 122 valence electrons. The van der Waals surface area contributed by atoms with Crippen LogP contribution in [0.25, 0.3) is 0 Å². The zero-order valence-electron chi connectivity index (χ0n) is 13.5. The van der Waals surface area contributed by atoms with Crippen molar-refractivity contribution in [3.8, 4) is 5.75 Å². The average molecular weight is 313 g/mol. The Morgan fingerprint density at radius 2 is 1.74 bits per heavy atom. The maximum Gasteiger partial charge on any atom is 0.310 e. The van der Waals surface area contributed by atoms with Crippen LogP contribution in [0.2, 0.25) is 0 Å². The van der Waals surface area contributed by atoms with Gasteiger partial charge in [0.1, 0.15) is 5.75 Å². The predicted octanol–water partition coefficient (Wildman–Crippen LogP) is 3.39. The highest BCUT2D eigenvalue weighted by Crippen LogP contribution is 2.19. The van der Waals surface area contributed by atoms with Gasteiger partial charge < -0.3 is 15.2 Å². The van der Waals surface area contributed by atoms with E-state index in [9.17, 15) is 9.90 Å². The van der Waals surface area contributed by atoms with Crippen molar-refractivity contribution in [2.24, 2.45) is 0 Å². The van der Waals surface area contributed by atoms with Gasteiger partial charge in [0.25, 0.3) is 0 Å². The Bertz CT molecular complexity index is 610. The molecule has 0 aliphatic heterocycles. The SMILES string of the molecule is CCC(=O)Oc1ccc(C(C)NC[C@H](O)c2ccccc2)cc1. The first-order chi connectivity index (χ1) is 11.1. The van der Waals surface area contributed by atoms with Crippen molar-refractivity contribution in [3.05, 3.63) is 65.7 Å². The Hall–Kier alpha value is -2.17. The molecule has 0 spiro atoms. The van der Waals surface area contributed by atoms with Gasteiger partial charge in [-0.2, -0.15) is 0 Å². The molecule has 0 aromatic heterocycles. The number of aliphatic hydroxyl groups excluding tert-OH is 1. The van der Waals surface area contributed by atoms with Gasteiger partial charge in [0.05, 0.1) is 6.10 Å². The molecule has 23 heavy (non-hydrogen) atoms. The van der Waals surface area contributed by atoms with E-state index in [-0.39, 0.29) is 12.0 Å². The van der Waals surface area contributed by atoms with Crippen LogP contribution >= 0.6 is 0 Å². The molecule has 0 aliphatic rings. The maximum absolute atomic E-state index is 11.2. The lowest BCUT2D eigenvalue weighted by Gasteiger charge is -2.18. The Kier molecular flexibility index (Phi) is 6.32. The number of carbonyl (C=O) groups is 1. The molecule has 0 bridgehead atoms. The van der Waals surface area contributed by atoms with Crippen LogP contribution in [-0.2, 0) is 4.79 Å². The summed E-state index contributed by atoms with van der Waals surface area (Å²) < 4.78 is 5.15. The van der Waals surface area contributed by atoms with Crippen molar-refractivity contribution in [1.29, 1.82) is 0 Å². The van der Waals surface area contributed by atoms with Gasteiger partial charge >= 0.3 is 5.97 Å². The largest absolute Gasteiger partial charge is 0.427 e. The fraction of sp³-hybridized carbons (Fsp3) is 0.316. The van der Waals surface area contributed by atoms with Crippen molar-refractivity contribution >= 4 is 5.97 Å². The summed E-state index contributed by atoms with van der Waals surface area (Å²) in [5.41, 5.74) is 1.97. The number of esters is 1. The molecule has 2 atom stereocenters. The molecule has 0 fully saturated rings. The van der Waals surface area contributed by atoms with Crippen LogP contribution in [0.3, 0.4) is 0 Å². The number of aliphatic hydroxyl groups is 1.